The Balaban J connectivity index is 1.37. The van der Waals surface area contributed by atoms with Crippen molar-refractivity contribution in [2.75, 3.05) is 10.6 Å². The fourth-order valence-electron chi connectivity index (χ4n) is 2.89. The lowest BCUT2D eigenvalue weighted by molar-refractivity contribution is -0.116. The van der Waals surface area contributed by atoms with E-state index in [4.69, 9.17) is 0 Å². The third-order valence-electron chi connectivity index (χ3n) is 4.20. The number of amides is 2. The molecule has 4 rings (SSSR count). The van der Waals surface area contributed by atoms with Gasteiger partial charge in [0.15, 0.2) is 4.96 Å². The van der Waals surface area contributed by atoms with Crippen LogP contribution >= 0.6 is 11.3 Å². The van der Waals surface area contributed by atoms with Gasteiger partial charge in [-0.3, -0.25) is 14.0 Å². The summed E-state index contributed by atoms with van der Waals surface area (Å²) in [5.41, 5.74) is 4.24. The highest BCUT2D eigenvalue weighted by Gasteiger charge is 2.07. The molecule has 0 unspecified atom stereocenters. The van der Waals surface area contributed by atoms with Gasteiger partial charge in [0.25, 0.3) is 0 Å². The highest BCUT2D eigenvalue weighted by atomic mass is 32.1. The van der Waals surface area contributed by atoms with Crippen LogP contribution in [0.1, 0.15) is 12.5 Å². The van der Waals surface area contributed by atoms with E-state index in [1.165, 1.54) is 6.92 Å². The number of imidazole rings is 1. The highest BCUT2D eigenvalue weighted by Crippen LogP contribution is 2.23. The predicted molar refractivity (Wildman–Crippen MR) is 112 cm³/mol. The summed E-state index contributed by atoms with van der Waals surface area (Å²) in [6, 6.07) is 14.9. The molecule has 0 atom stereocenters. The van der Waals surface area contributed by atoms with Gasteiger partial charge in [-0.15, -0.1) is 11.3 Å². The number of nitrogens with one attached hydrogen (secondary N) is 2. The Morgan fingerprint density at radius 3 is 2.36 bits per heavy atom. The molecule has 0 radical (unpaired) electrons. The summed E-state index contributed by atoms with van der Waals surface area (Å²) in [6.07, 6.45) is 4.23. The van der Waals surface area contributed by atoms with E-state index in [2.05, 4.69) is 15.6 Å². The highest BCUT2D eigenvalue weighted by molar-refractivity contribution is 7.15. The molecule has 2 aromatic heterocycles. The molecular formula is C21H18N4O2S. The second kappa shape index (κ2) is 7.66. The van der Waals surface area contributed by atoms with Crippen LogP contribution in [0.25, 0.3) is 16.2 Å². The van der Waals surface area contributed by atoms with Gasteiger partial charge in [-0.2, -0.15) is 0 Å². The van der Waals surface area contributed by atoms with Crippen LogP contribution in [0.5, 0.6) is 0 Å². The number of hydrogen-bond acceptors (Lipinski definition) is 4. The number of rotatable bonds is 5. The summed E-state index contributed by atoms with van der Waals surface area (Å²) in [7, 11) is 0. The van der Waals surface area contributed by atoms with Crippen molar-refractivity contribution < 1.29 is 9.59 Å². The van der Waals surface area contributed by atoms with Gasteiger partial charge in [0.2, 0.25) is 11.8 Å². The van der Waals surface area contributed by atoms with Gasteiger partial charge in [0.1, 0.15) is 0 Å². The molecule has 2 heterocycles. The quantitative estimate of drug-likeness (QED) is 0.536. The van der Waals surface area contributed by atoms with Crippen LogP contribution < -0.4 is 10.6 Å². The Hall–Kier alpha value is -3.45. The van der Waals surface area contributed by atoms with E-state index in [0.717, 1.165) is 27.5 Å². The molecule has 0 saturated heterocycles. The zero-order chi connectivity index (χ0) is 19.5. The summed E-state index contributed by atoms with van der Waals surface area (Å²) in [6.45, 7) is 1.46. The number of nitrogens with zero attached hydrogens (tertiary/aromatic N) is 2. The number of aromatic nitrogens is 2. The van der Waals surface area contributed by atoms with Crippen LogP contribution in [-0.2, 0) is 16.0 Å². The number of hydrogen-bond donors (Lipinski definition) is 2. The maximum absolute atomic E-state index is 12.3. The Morgan fingerprint density at radius 1 is 1.00 bits per heavy atom. The number of fused-ring (bicyclic) bond motifs is 1. The van der Waals surface area contributed by atoms with Gasteiger partial charge in [-0.25, -0.2) is 4.98 Å². The number of carbonyl (C=O) groups excluding carboxylic acids is 2. The van der Waals surface area contributed by atoms with Crippen molar-refractivity contribution in [3.8, 4) is 11.3 Å². The molecule has 0 fully saturated rings. The minimum Gasteiger partial charge on any atom is -0.326 e. The summed E-state index contributed by atoms with van der Waals surface area (Å²) in [4.78, 5) is 28.9. The zero-order valence-electron chi connectivity index (χ0n) is 15.2. The fraction of sp³-hybridized carbons (Fsp3) is 0.0952. The Morgan fingerprint density at radius 2 is 1.68 bits per heavy atom. The maximum Gasteiger partial charge on any atom is 0.228 e. The summed E-state index contributed by atoms with van der Waals surface area (Å²) >= 11 is 1.59. The van der Waals surface area contributed by atoms with Crippen molar-refractivity contribution in [1.29, 1.82) is 0 Å². The topological polar surface area (TPSA) is 75.5 Å². The fourth-order valence-corrected chi connectivity index (χ4v) is 3.59. The van der Waals surface area contributed by atoms with E-state index in [1.54, 1.807) is 23.5 Å². The molecular weight excluding hydrogens is 372 g/mol. The largest absolute Gasteiger partial charge is 0.326 e. The average molecular weight is 390 g/mol. The number of anilines is 2. The van der Waals surface area contributed by atoms with Crippen LogP contribution in [0.15, 0.2) is 66.3 Å². The van der Waals surface area contributed by atoms with Crippen molar-refractivity contribution in [2.24, 2.45) is 0 Å². The SMILES string of the molecule is CC(=O)Nc1ccc(CC(=O)Nc2ccc(-c3cn4ccsc4n3)cc2)cc1. The van der Waals surface area contributed by atoms with E-state index >= 15 is 0 Å². The van der Waals surface area contributed by atoms with Gasteiger partial charge in [-0.1, -0.05) is 24.3 Å². The van der Waals surface area contributed by atoms with Crippen molar-refractivity contribution in [1.82, 2.24) is 9.38 Å². The first-order chi connectivity index (χ1) is 13.6. The lowest BCUT2D eigenvalue weighted by Crippen LogP contribution is -2.14. The number of carbonyl (C=O) groups is 2. The smallest absolute Gasteiger partial charge is 0.228 e. The van der Waals surface area contributed by atoms with Crippen molar-refractivity contribution in [2.45, 2.75) is 13.3 Å². The second-order valence-corrected chi connectivity index (χ2v) is 7.27. The molecule has 7 heteroatoms. The first-order valence-corrected chi connectivity index (χ1v) is 9.64. The zero-order valence-corrected chi connectivity index (χ0v) is 16.0. The van der Waals surface area contributed by atoms with E-state index in [9.17, 15) is 9.59 Å². The van der Waals surface area contributed by atoms with Crippen LogP contribution in [0.4, 0.5) is 11.4 Å². The molecule has 28 heavy (non-hydrogen) atoms. The lowest BCUT2D eigenvalue weighted by atomic mass is 10.1. The molecule has 6 nitrogen and oxygen atoms in total. The van der Waals surface area contributed by atoms with Crippen molar-refractivity contribution in [3.63, 3.8) is 0 Å². The Kier molecular flexibility index (Phi) is 4.90. The second-order valence-electron chi connectivity index (χ2n) is 6.40. The van der Waals surface area contributed by atoms with Crippen LogP contribution in [0.2, 0.25) is 0 Å². The lowest BCUT2D eigenvalue weighted by Gasteiger charge is -2.07. The standard InChI is InChI=1S/C21H18N4O2S/c1-14(26)22-17-6-2-15(3-7-17)12-20(27)23-18-8-4-16(5-9-18)19-13-25-10-11-28-21(25)24-19/h2-11,13H,12H2,1H3,(H,22,26)(H,23,27). The molecule has 0 spiro atoms. The number of thiazole rings is 1. The monoisotopic (exact) mass is 390 g/mol. The minimum absolute atomic E-state index is 0.0949. The first kappa shape index (κ1) is 17.9. The normalized spacial score (nSPS) is 10.8. The molecule has 0 bridgehead atoms. The summed E-state index contributed by atoms with van der Waals surface area (Å²) in [5, 5.41) is 7.61. The molecule has 4 aromatic rings. The molecule has 0 saturated carbocycles. The van der Waals surface area contributed by atoms with Gasteiger partial charge < -0.3 is 10.6 Å². The average Bonchev–Trinajstić information content (AvgIpc) is 3.25. The summed E-state index contributed by atoms with van der Waals surface area (Å²) in [5.74, 6) is -0.216. The van der Waals surface area contributed by atoms with E-state index in [-0.39, 0.29) is 18.2 Å². The van der Waals surface area contributed by atoms with Gasteiger partial charge in [0.05, 0.1) is 12.1 Å². The Bertz CT molecular complexity index is 1100. The Labute approximate surface area is 165 Å². The third kappa shape index (κ3) is 4.10. The van der Waals surface area contributed by atoms with Gasteiger partial charge in [0, 0.05) is 41.6 Å². The van der Waals surface area contributed by atoms with Crippen molar-refractivity contribution >= 4 is 39.5 Å². The third-order valence-corrected chi connectivity index (χ3v) is 4.97. The molecule has 140 valence electrons. The van der Waals surface area contributed by atoms with Gasteiger partial charge >= 0.3 is 0 Å². The van der Waals surface area contributed by atoms with Crippen LogP contribution in [0, 0.1) is 0 Å². The van der Waals surface area contributed by atoms with E-state index in [1.807, 2.05) is 58.6 Å². The summed E-state index contributed by atoms with van der Waals surface area (Å²) < 4.78 is 1.99. The number of benzene rings is 2. The molecule has 0 aliphatic carbocycles. The molecule has 0 aliphatic heterocycles. The van der Waals surface area contributed by atoms with Crippen LogP contribution in [-0.4, -0.2) is 21.2 Å². The molecule has 2 amide bonds. The maximum atomic E-state index is 12.3. The molecule has 2 aromatic carbocycles. The van der Waals surface area contributed by atoms with E-state index < -0.39 is 0 Å². The van der Waals surface area contributed by atoms with E-state index in [0.29, 0.717) is 5.69 Å². The van der Waals surface area contributed by atoms with Crippen molar-refractivity contribution in [3.05, 3.63) is 71.9 Å². The molecule has 2 N–H and O–H groups in total. The minimum atomic E-state index is -0.121. The van der Waals surface area contributed by atoms with Crippen LogP contribution in [0.3, 0.4) is 0 Å². The molecule has 0 aliphatic rings. The predicted octanol–water partition coefficient (Wildman–Crippen LogP) is 4.20. The first-order valence-electron chi connectivity index (χ1n) is 8.76. The van der Waals surface area contributed by atoms with Gasteiger partial charge in [-0.05, 0) is 29.8 Å².